The van der Waals surface area contributed by atoms with Crippen molar-refractivity contribution in [1.29, 1.82) is 0 Å². The van der Waals surface area contributed by atoms with Crippen LogP contribution in [0, 0.1) is 0 Å². The fraction of sp³-hybridized carbons (Fsp3) is 0.188. The molecule has 0 saturated heterocycles. The largest absolute Gasteiger partial charge is 0.293 e. The Hall–Kier alpha value is -0.810. The Kier molecular flexibility index (Phi) is 4.68. The van der Waals surface area contributed by atoms with Crippen LogP contribution >= 0.6 is 28.4 Å². The maximum atomic E-state index is 12.8. The predicted octanol–water partition coefficient (Wildman–Crippen LogP) is 5.02. The number of hydrogen-bond donors (Lipinski definition) is 0. The number of carbonyl (C=O) groups is 1. The van der Waals surface area contributed by atoms with Gasteiger partial charge in [0.25, 0.3) is 0 Å². The minimum atomic E-state index is -1.04. The second-order valence-electron chi connectivity index (χ2n) is 4.80. The van der Waals surface area contributed by atoms with E-state index in [1.165, 1.54) is 0 Å². The summed E-state index contributed by atoms with van der Waals surface area (Å²) >= 11 is 2.45. The lowest BCUT2D eigenvalue weighted by Crippen LogP contribution is -2.16. The van der Waals surface area contributed by atoms with Crippen molar-refractivity contribution in [2.75, 3.05) is 12.5 Å². The van der Waals surface area contributed by atoms with Crippen LogP contribution in [-0.4, -0.2) is 18.3 Å². The summed E-state index contributed by atoms with van der Waals surface area (Å²) < 4.78 is 0. The third kappa shape index (κ3) is 3.60. The molecule has 2 aromatic rings. The van der Waals surface area contributed by atoms with Gasteiger partial charge < -0.3 is 0 Å². The number of rotatable bonds is 4. The van der Waals surface area contributed by atoms with Crippen LogP contribution in [0.5, 0.6) is 0 Å². The van der Waals surface area contributed by atoms with E-state index in [0.717, 1.165) is 11.1 Å². The van der Waals surface area contributed by atoms with Gasteiger partial charge in [-0.3, -0.25) is 4.79 Å². The number of benzene rings is 2. The van der Waals surface area contributed by atoms with Crippen LogP contribution < -0.4 is 0 Å². The van der Waals surface area contributed by atoms with Gasteiger partial charge in [0.05, 0.1) is 5.25 Å². The van der Waals surface area contributed by atoms with E-state index in [1.807, 2.05) is 48.5 Å². The van der Waals surface area contributed by atoms with Gasteiger partial charge in [-0.2, -0.15) is 7.20 Å². The number of Topliss-reactive ketones (excluding diaryl/α,β-unsaturated/α-hetero) is 1. The summed E-state index contributed by atoms with van der Waals surface area (Å²) in [6, 6.07) is 19.7. The first-order chi connectivity index (χ1) is 9.00. The molecule has 2 aromatic carbocycles. The van der Waals surface area contributed by atoms with Crippen LogP contribution in [-0.2, 0) is 0 Å². The summed E-state index contributed by atoms with van der Waals surface area (Å²) in [4.78, 5) is 12.8. The lowest BCUT2D eigenvalue weighted by molar-refractivity contribution is 0.0989. The Balaban J connectivity index is 2.43. The first-order valence-electron chi connectivity index (χ1n) is 6.06. The van der Waals surface area contributed by atoms with E-state index in [4.69, 9.17) is 0 Å². The van der Waals surface area contributed by atoms with Crippen LogP contribution in [0.2, 0.25) is 0 Å². The van der Waals surface area contributed by atoms with Crippen molar-refractivity contribution >= 4 is 34.2 Å². The van der Waals surface area contributed by atoms with Crippen LogP contribution in [0.1, 0.15) is 21.2 Å². The molecule has 19 heavy (non-hydrogen) atoms. The summed E-state index contributed by atoms with van der Waals surface area (Å²) in [7, 11) is -1.04. The second-order valence-corrected chi connectivity index (χ2v) is 14.6. The van der Waals surface area contributed by atoms with Gasteiger partial charge in [0.1, 0.15) is 0 Å². The quantitative estimate of drug-likeness (QED) is 0.534. The smallest absolute Gasteiger partial charge is 0.179 e. The zero-order valence-corrected chi connectivity index (χ0v) is 14.0. The molecule has 0 heterocycles. The molecule has 100 valence electrons. The van der Waals surface area contributed by atoms with Gasteiger partial charge in [-0.25, -0.2) is 0 Å². The van der Waals surface area contributed by atoms with Crippen molar-refractivity contribution in [1.82, 2.24) is 0 Å². The maximum absolute atomic E-state index is 12.8. The number of carbonyl (C=O) groups excluding carboxylic acids is 1. The Morgan fingerprint density at radius 2 is 1.42 bits per heavy atom. The van der Waals surface area contributed by atoms with Gasteiger partial charge in [-0.1, -0.05) is 60.7 Å². The Bertz CT molecular complexity index is 546. The van der Waals surface area contributed by atoms with E-state index >= 15 is 0 Å². The van der Waals surface area contributed by atoms with Gasteiger partial charge in [0.2, 0.25) is 0 Å². The number of ketones is 1. The van der Waals surface area contributed by atoms with Crippen molar-refractivity contribution in [3.63, 3.8) is 0 Å². The molecule has 0 spiro atoms. The summed E-state index contributed by atoms with van der Waals surface area (Å²) in [5.41, 5.74) is 1.92. The van der Waals surface area contributed by atoms with E-state index < -0.39 is 7.20 Å². The van der Waals surface area contributed by atoms with Crippen molar-refractivity contribution in [3.8, 4) is 0 Å². The van der Waals surface area contributed by atoms with Crippen LogP contribution in [0.25, 0.3) is 0 Å². The third-order valence-electron chi connectivity index (χ3n) is 2.96. The molecular weight excluding hydrogens is 367 g/mol. The van der Waals surface area contributed by atoms with Gasteiger partial charge in [0, 0.05) is 5.56 Å². The summed E-state index contributed by atoms with van der Waals surface area (Å²) in [5, 5.41) is -0.0447. The van der Waals surface area contributed by atoms with Crippen molar-refractivity contribution in [3.05, 3.63) is 71.8 Å². The molecule has 0 fully saturated rings. The molecule has 0 aliphatic carbocycles. The van der Waals surface area contributed by atoms with Gasteiger partial charge >= 0.3 is 0 Å². The molecule has 0 saturated carbocycles. The normalized spacial score (nSPS) is 13.8. The lowest BCUT2D eigenvalue weighted by Gasteiger charge is -2.33. The minimum absolute atomic E-state index is 0.0447. The molecule has 0 N–H and O–H groups in total. The molecule has 0 radical (unpaired) electrons. The SMILES string of the molecule is CS(C)(I)C(C(=O)c1ccccc1)c1ccccc1. The van der Waals surface area contributed by atoms with Crippen LogP contribution in [0.15, 0.2) is 60.7 Å². The first kappa shape index (κ1) is 14.6. The Morgan fingerprint density at radius 1 is 0.947 bits per heavy atom. The minimum Gasteiger partial charge on any atom is -0.293 e. The van der Waals surface area contributed by atoms with Crippen molar-refractivity contribution in [2.24, 2.45) is 0 Å². The summed E-state index contributed by atoms with van der Waals surface area (Å²) in [5.74, 6) is 0.223. The highest BCUT2D eigenvalue weighted by Gasteiger charge is 2.31. The molecule has 1 atom stereocenters. The average Bonchev–Trinajstić information content (AvgIpc) is 2.39. The summed E-state index contributed by atoms with van der Waals surface area (Å²) in [6.45, 7) is 0. The van der Waals surface area contributed by atoms with E-state index in [1.54, 1.807) is 0 Å². The highest BCUT2D eigenvalue weighted by Crippen LogP contribution is 2.62. The van der Waals surface area contributed by atoms with E-state index in [-0.39, 0.29) is 11.0 Å². The van der Waals surface area contributed by atoms with Gasteiger partial charge in [-0.05, 0) is 39.3 Å². The Labute approximate surface area is 128 Å². The van der Waals surface area contributed by atoms with Crippen LogP contribution in [0.4, 0.5) is 0 Å². The molecule has 0 bridgehead atoms. The molecule has 0 aliphatic rings. The fourth-order valence-corrected chi connectivity index (χ4v) is 5.13. The molecule has 0 aliphatic heterocycles. The zero-order valence-electron chi connectivity index (χ0n) is 11.0. The first-order valence-corrected chi connectivity index (χ1v) is 11.1. The predicted molar refractivity (Wildman–Crippen MR) is 93.4 cm³/mol. The average molecular weight is 384 g/mol. The summed E-state index contributed by atoms with van der Waals surface area (Å²) in [6.07, 6.45) is 4.37. The molecule has 0 aromatic heterocycles. The molecule has 1 nitrogen and oxygen atoms in total. The highest BCUT2D eigenvalue weighted by atomic mass is 127. The van der Waals surface area contributed by atoms with Crippen molar-refractivity contribution < 1.29 is 4.79 Å². The van der Waals surface area contributed by atoms with E-state index in [2.05, 4.69) is 45.8 Å². The topological polar surface area (TPSA) is 17.1 Å². The molecule has 2 rings (SSSR count). The maximum Gasteiger partial charge on any atom is 0.179 e. The molecule has 1 unspecified atom stereocenters. The third-order valence-corrected chi connectivity index (χ3v) is 6.09. The van der Waals surface area contributed by atoms with E-state index in [9.17, 15) is 4.79 Å². The number of halogens is 1. The second kappa shape index (κ2) is 6.09. The molecule has 0 amide bonds. The lowest BCUT2D eigenvalue weighted by atomic mass is 10.0. The standard InChI is InChI=1S/C16H17IOS/c1-19(2,17)16(14-11-7-4-8-12-14)15(18)13-9-5-3-6-10-13/h3-12,16H,1-2H3. The van der Waals surface area contributed by atoms with Crippen LogP contribution in [0.3, 0.4) is 0 Å². The van der Waals surface area contributed by atoms with E-state index in [0.29, 0.717) is 0 Å². The van der Waals surface area contributed by atoms with Crippen molar-refractivity contribution in [2.45, 2.75) is 5.25 Å². The fourth-order valence-electron chi connectivity index (χ4n) is 2.11. The molecule has 3 heteroatoms. The monoisotopic (exact) mass is 384 g/mol. The highest BCUT2D eigenvalue weighted by molar-refractivity contribution is 14.2. The molecular formula is C16H17IOS. The number of hydrogen-bond acceptors (Lipinski definition) is 1. The Morgan fingerprint density at radius 3 is 1.89 bits per heavy atom. The van der Waals surface area contributed by atoms with Gasteiger partial charge in [0.15, 0.2) is 5.78 Å². The zero-order chi connectivity index (χ0) is 13.9. The van der Waals surface area contributed by atoms with Gasteiger partial charge in [-0.15, -0.1) is 0 Å².